The van der Waals surface area contributed by atoms with Gasteiger partial charge in [0, 0.05) is 10.8 Å². The van der Waals surface area contributed by atoms with Crippen LogP contribution in [0, 0.1) is 0 Å². The Balaban J connectivity index is 2.04. The van der Waals surface area contributed by atoms with Gasteiger partial charge in [-0.2, -0.15) is 0 Å². The third-order valence-electron chi connectivity index (χ3n) is 5.39. The van der Waals surface area contributed by atoms with E-state index in [0.29, 0.717) is 23.3 Å². The van der Waals surface area contributed by atoms with Crippen molar-refractivity contribution < 1.29 is 19.7 Å². The van der Waals surface area contributed by atoms with E-state index in [1.54, 1.807) is 12.1 Å². The van der Waals surface area contributed by atoms with Crippen LogP contribution in [0.2, 0.25) is 0 Å². The highest BCUT2D eigenvalue weighted by Gasteiger charge is 2.33. The lowest BCUT2D eigenvalue weighted by Gasteiger charge is -2.25. The molecule has 0 saturated carbocycles. The van der Waals surface area contributed by atoms with Gasteiger partial charge < -0.3 is 14.9 Å². The second-order valence-electron chi connectivity index (χ2n) is 7.01. The molecular weight excluding hydrogens is 364 g/mol. The molecule has 2 N–H and O–H groups in total. The Labute approximate surface area is 167 Å². The Morgan fingerprint density at radius 1 is 0.793 bits per heavy atom. The lowest BCUT2D eigenvalue weighted by Crippen LogP contribution is -2.12. The number of carbonyl (C=O) groups excluding carboxylic acids is 1. The maximum atomic E-state index is 13.3. The molecule has 4 heteroatoms. The van der Waals surface area contributed by atoms with Crippen molar-refractivity contribution in [3.63, 3.8) is 0 Å². The van der Waals surface area contributed by atoms with Gasteiger partial charge in [0.15, 0.2) is 0 Å². The number of hydrogen-bond donors (Lipinski definition) is 2. The normalized spacial score (nSPS) is 12.1. The minimum absolute atomic E-state index is 0.0950. The van der Waals surface area contributed by atoms with Gasteiger partial charge in [-0.25, -0.2) is 0 Å². The summed E-state index contributed by atoms with van der Waals surface area (Å²) in [6.07, 6.45) is 0. The number of aromatic hydroxyl groups is 2. The molecule has 0 saturated heterocycles. The monoisotopic (exact) mass is 382 g/mol. The van der Waals surface area contributed by atoms with Crippen LogP contribution < -0.4 is 4.74 Å². The fraction of sp³-hybridized carbons (Fsp3) is 0.0800. The Morgan fingerprint density at radius 2 is 1.55 bits per heavy atom. The first-order chi connectivity index (χ1) is 14.1. The summed E-state index contributed by atoms with van der Waals surface area (Å²) in [6.45, 7) is 2.39. The van der Waals surface area contributed by atoms with E-state index in [1.165, 1.54) is 12.1 Å². The molecule has 4 nitrogen and oxygen atoms in total. The zero-order valence-electron chi connectivity index (χ0n) is 15.8. The van der Waals surface area contributed by atoms with E-state index in [0.717, 1.165) is 22.1 Å². The Bertz CT molecular complexity index is 1290. The van der Waals surface area contributed by atoms with E-state index in [1.807, 2.05) is 49.4 Å². The predicted octanol–water partition coefficient (Wildman–Crippen LogP) is 5.53. The molecule has 142 valence electrons. The lowest BCUT2D eigenvalue weighted by atomic mass is 9.78. The van der Waals surface area contributed by atoms with Gasteiger partial charge >= 0.3 is 0 Å². The zero-order valence-corrected chi connectivity index (χ0v) is 15.8. The molecule has 0 spiro atoms. The number of fused-ring (bicyclic) bond motifs is 2. The largest absolute Gasteiger partial charge is 0.507 e. The lowest BCUT2D eigenvalue weighted by molar-refractivity contribution is 0.103. The molecule has 0 fully saturated rings. The summed E-state index contributed by atoms with van der Waals surface area (Å²) < 4.78 is 5.90. The van der Waals surface area contributed by atoms with Crippen LogP contribution in [0.5, 0.6) is 17.2 Å². The number of ketones is 1. The Morgan fingerprint density at radius 3 is 2.31 bits per heavy atom. The van der Waals surface area contributed by atoms with Gasteiger partial charge in [0.2, 0.25) is 5.78 Å². The summed E-state index contributed by atoms with van der Waals surface area (Å²) in [5, 5.41) is 22.5. The minimum atomic E-state index is -0.388. The summed E-state index contributed by atoms with van der Waals surface area (Å²) >= 11 is 0. The first-order valence-corrected chi connectivity index (χ1v) is 9.49. The minimum Gasteiger partial charge on any atom is -0.507 e. The fourth-order valence-corrected chi connectivity index (χ4v) is 4.21. The number of phenolic OH excluding ortho intramolecular Hbond substituents is 2. The van der Waals surface area contributed by atoms with Gasteiger partial charge in [-0.1, -0.05) is 42.5 Å². The molecule has 0 radical (unpaired) electrons. The average molecular weight is 382 g/mol. The van der Waals surface area contributed by atoms with Gasteiger partial charge in [0.05, 0.1) is 17.7 Å². The molecule has 0 heterocycles. The van der Waals surface area contributed by atoms with Crippen molar-refractivity contribution in [3.8, 4) is 39.5 Å². The summed E-state index contributed by atoms with van der Waals surface area (Å²) in [7, 11) is 0. The molecule has 29 heavy (non-hydrogen) atoms. The number of hydrogen-bond acceptors (Lipinski definition) is 4. The van der Waals surface area contributed by atoms with Crippen molar-refractivity contribution in [1.82, 2.24) is 0 Å². The van der Waals surface area contributed by atoms with Crippen molar-refractivity contribution in [2.45, 2.75) is 6.92 Å². The first-order valence-electron chi connectivity index (χ1n) is 9.49. The van der Waals surface area contributed by atoms with Crippen LogP contribution in [0.25, 0.3) is 33.0 Å². The van der Waals surface area contributed by atoms with Crippen LogP contribution in [0.1, 0.15) is 22.8 Å². The van der Waals surface area contributed by atoms with Gasteiger partial charge in [-0.3, -0.25) is 4.79 Å². The Kier molecular flexibility index (Phi) is 3.81. The summed E-state index contributed by atoms with van der Waals surface area (Å²) in [4.78, 5) is 13.3. The van der Waals surface area contributed by atoms with Gasteiger partial charge in [-0.15, -0.1) is 0 Å². The van der Waals surface area contributed by atoms with Crippen molar-refractivity contribution in [1.29, 1.82) is 0 Å². The number of benzene rings is 4. The molecule has 4 aromatic rings. The SMILES string of the molecule is CCOc1cc(-c2ccccc2)c2c3c(c(O)ccc13)C(=O)c1c(O)cccc1-2. The standard InChI is InChI=1S/C25H18O4/c1-2-29-20-13-17(14-7-4-3-5-8-14)21-16-9-6-10-18(26)22(16)25(28)24-19(27)12-11-15(20)23(21)24/h3-13,26-27H,2H2,1H3. The summed E-state index contributed by atoms with van der Waals surface area (Å²) in [6, 6.07) is 20.2. The first kappa shape index (κ1) is 17.3. The van der Waals surface area contributed by atoms with Gasteiger partial charge in [0.25, 0.3) is 0 Å². The molecule has 1 aliphatic rings. The van der Waals surface area contributed by atoms with Crippen molar-refractivity contribution in [2.75, 3.05) is 6.61 Å². The highest BCUT2D eigenvalue weighted by Crippen LogP contribution is 2.51. The molecule has 0 bridgehead atoms. The van der Waals surface area contributed by atoms with Crippen LogP contribution in [-0.4, -0.2) is 22.6 Å². The third kappa shape index (κ3) is 2.42. The molecule has 0 aliphatic heterocycles. The Hall–Kier alpha value is -3.79. The average Bonchev–Trinajstić information content (AvgIpc) is 2.73. The van der Waals surface area contributed by atoms with E-state index < -0.39 is 0 Å². The second kappa shape index (κ2) is 6.38. The maximum Gasteiger partial charge on any atom is 0.201 e. The van der Waals surface area contributed by atoms with E-state index in [-0.39, 0.29) is 28.4 Å². The summed E-state index contributed by atoms with van der Waals surface area (Å²) in [5.41, 5.74) is 3.72. The van der Waals surface area contributed by atoms with Crippen LogP contribution in [0.3, 0.4) is 0 Å². The molecule has 5 rings (SSSR count). The third-order valence-corrected chi connectivity index (χ3v) is 5.39. The number of ether oxygens (including phenoxy) is 1. The van der Waals surface area contributed by atoms with E-state index >= 15 is 0 Å². The molecule has 0 amide bonds. The second-order valence-corrected chi connectivity index (χ2v) is 7.01. The van der Waals surface area contributed by atoms with Crippen LogP contribution >= 0.6 is 0 Å². The van der Waals surface area contributed by atoms with Crippen molar-refractivity contribution >= 4 is 16.6 Å². The summed E-state index contributed by atoms with van der Waals surface area (Å²) in [5.74, 6) is 0.0666. The molecular formula is C25H18O4. The predicted molar refractivity (Wildman–Crippen MR) is 113 cm³/mol. The van der Waals surface area contributed by atoms with Crippen LogP contribution in [-0.2, 0) is 0 Å². The van der Waals surface area contributed by atoms with Crippen LogP contribution in [0.15, 0.2) is 66.7 Å². The molecule has 1 aliphatic carbocycles. The smallest absolute Gasteiger partial charge is 0.201 e. The molecule has 0 aromatic heterocycles. The number of phenols is 2. The number of carbonyl (C=O) groups is 1. The molecule has 0 unspecified atom stereocenters. The highest BCUT2D eigenvalue weighted by atomic mass is 16.5. The van der Waals surface area contributed by atoms with Gasteiger partial charge in [0.1, 0.15) is 17.2 Å². The molecule has 0 atom stereocenters. The molecule has 4 aromatic carbocycles. The topological polar surface area (TPSA) is 66.8 Å². The maximum absolute atomic E-state index is 13.3. The van der Waals surface area contributed by atoms with Gasteiger partial charge in [-0.05, 0) is 53.4 Å². The fourth-order valence-electron chi connectivity index (χ4n) is 4.21. The highest BCUT2D eigenvalue weighted by molar-refractivity contribution is 6.30. The number of rotatable bonds is 3. The van der Waals surface area contributed by atoms with E-state index in [9.17, 15) is 15.0 Å². The van der Waals surface area contributed by atoms with Crippen molar-refractivity contribution in [2.24, 2.45) is 0 Å². The van der Waals surface area contributed by atoms with E-state index in [4.69, 9.17) is 4.74 Å². The van der Waals surface area contributed by atoms with Crippen LogP contribution in [0.4, 0.5) is 0 Å². The van der Waals surface area contributed by atoms with Crippen molar-refractivity contribution in [3.05, 3.63) is 77.9 Å². The zero-order chi connectivity index (χ0) is 20.1. The van der Waals surface area contributed by atoms with E-state index in [2.05, 4.69) is 0 Å². The quantitative estimate of drug-likeness (QED) is 0.431.